The summed E-state index contributed by atoms with van der Waals surface area (Å²) in [5.74, 6) is -2.51. The van der Waals surface area contributed by atoms with Gasteiger partial charge in [0.15, 0.2) is 0 Å². The van der Waals surface area contributed by atoms with Gasteiger partial charge in [-0.25, -0.2) is 15.1 Å². The lowest BCUT2D eigenvalue weighted by atomic mass is 10.1. The Hall–Kier alpha value is -2.64. The molecule has 0 amide bonds. The Morgan fingerprint density at radius 1 is 1.14 bits per heavy atom. The van der Waals surface area contributed by atoms with Gasteiger partial charge >= 0.3 is 11.9 Å². The zero-order chi connectivity index (χ0) is 15.7. The van der Waals surface area contributed by atoms with Gasteiger partial charge in [-0.3, -0.25) is 0 Å². The molecule has 7 heteroatoms. The second kappa shape index (κ2) is 8.51. The SMILES string of the molecule is O=C(O)/C=C\C(=O)O.ONCCc1c[nH]c2ccccc12. The Labute approximate surface area is 120 Å². The summed E-state index contributed by atoms with van der Waals surface area (Å²) < 4.78 is 0. The molecule has 2 aromatic rings. The van der Waals surface area contributed by atoms with Crippen molar-refractivity contribution >= 4 is 22.8 Å². The predicted molar refractivity (Wildman–Crippen MR) is 76.2 cm³/mol. The van der Waals surface area contributed by atoms with Crippen molar-refractivity contribution < 1.29 is 25.0 Å². The number of carbonyl (C=O) groups is 2. The molecule has 0 saturated heterocycles. The lowest BCUT2D eigenvalue weighted by Crippen LogP contribution is -2.10. The van der Waals surface area contributed by atoms with E-state index in [9.17, 15) is 9.59 Å². The minimum Gasteiger partial charge on any atom is -0.478 e. The van der Waals surface area contributed by atoms with E-state index in [1.165, 1.54) is 10.9 Å². The molecule has 1 aromatic carbocycles. The number of hydrogen-bond donors (Lipinski definition) is 5. The van der Waals surface area contributed by atoms with Gasteiger partial charge in [0.05, 0.1) is 0 Å². The highest BCUT2D eigenvalue weighted by Crippen LogP contribution is 2.17. The summed E-state index contributed by atoms with van der Waals surface area (Å²) in [6.45, 7) is 0.585. The van der Waals surface area contributed by atoms with Gasteiger partial charge in [0, 0.05) is 35.8 Å². The number of H-pyrrole nitrogens is 1. The fourth-order valence-electron chi connectivity index (χ4n) is 1.67. The van der Waals surface area contributed by atoms with Crippen LogP contribution >= 0.6 is 0 Å². The van der Waals surface area contributed by atoms with E-state index >= 15 is 0 Å². The quantitative estimate of drug-likeness (QED) is 0.419. The van der Waals surface area contributed by atoms with Crippen LogP contribution in [0.5, 0.6) is 0 Å². The van der Waals surface area contributed by atoms with Gasteiger partial charge in [-0.1, -0.05) is 18.2 Å². The molecule has 1 heterocycles. The van der Waals surface area contributed by atoms with Crippen molar-refractivity contribution in [3.8, 4) is 0 Å². The van der Waals surface area contributed by atoms with Crippen molar-refractivity contribution in [3.05, 3.63) is 48.2 Å². The second-order valence-electron chi connectivity index (χ2n) is 4.03. The molecule has 0 aliphatic rings. The third-order valence-electron chi connectivity index (χ3n) is 2.55. The fraction of sp³-hybridized carbons (Fsp3) is 0.143. The molecule has 2 rings (SSSR count). The molecule has 0 unspecified atom stereocenters. The van der Waals surface area contributed by atoms with Gasteiger partial charge < -0.3 is 20.4 Å². The van der Waals surface area contributed by atoms with Crippen molar-refractivity contribution in [1.82, 2.24) is 10.5 Å². The van der Waals surface area contributed by atoms with Crippen LogP contribution in [-0.4, -0.2) is 38.9 Å². The van der Waals surface area contributed by atoms with Crippen LogP contribution in [0, 0.1) is 0 Å². The molecule has 5 N–H and O–H groups in total. The zero-order valence-corrected chi connectivity index (χ0v) is 11.1. The molecule has 0 spiro atoms. The average molecular weight is 292 g/mol. The molecule has 1 aromatic heterocycles. The molecule has 0 radical (unpaired) electrons. The summed E-state index contributed by atoms with van der Waals surface area (Å²) in [5.41, 5.74) is 4.54. The summed E-state index contributed by atoms with van der Waals surface area (Å²) in [6.07, 6.45) is 3.94. The van der Waals surface area contributed by atoms with Crippen LogP contribution in [0.1, 0.15) is 5.56 Å². The van der Waals surface area contributed by atoms with Gasteiger partial charge in [0.25, 0.3) is 0 Å². The number of benzene rings is 1. The van der Waals surface area contributed by atoms with Gasteiger partial charge in [0.1, 0.15) is 0 Å². The number of carboxylic acids is 2. The Morgan fingerprint density at radius 2 is 1.76 bits per heavy atom. The average Bonchev–Trinajstić information content (AvgIpc) is 2.87. The number of para-hydroxylation sites is 1. The van der Waals surface area contributed by atoms with Gasteiger partial charge in [-0.05, 0) is 18.1 Å². The highest BCUT2D eigenvalue weighted by atomic mass is 16.5. The molecule has 0 saturated carbocycles. The first kappa shape index (κ1) is 16.4. The van der Waals surface area contributed by atoms with E-state index in [4.69, 9.17) is 15.4 Å². The molecule has 0 aliphatic heterocycles. The van der Waals surface area contributed by atoms with Crippen LogP contribution in [0.15, 0.2) is 42.6 Å². The molecule has 0 atom stereocenters. The van der Waals surface area contributed by atoms with Crippen LogP contribution in [0.4, 0.5) is 0 Å². The number of aromatic nitrogens is 1. The maximum Gasteiger partial charge on any atom is 0.328 e. The van der Waals surface area contributed by atoms with E-state index in [1.807, 2.05) is 24.4 Å². The normalized spacial score (nSPS) is 10.3. The predicted octanol–water partition coefficient (Wildman–Crippen LogP) is 1.40. The Kier molecular flexibility index (Phi) is 6.66. The molecule has 0 bridgehead atoms. The van der Waals surface area contributed by atoms with Crippen LogP contribution in [0.2, 0.25) is 0 Å². The summed E-state index contributed by atoms with van der Waals surface area (Å²) in [5, 5.41) is 25.3. The molecule has 0 fully saturated rings. The first-order valence-electron chi connectivity index (χ1n) is 6.10. The summed E-state index contributed by atoms with van der Waals surface area (Å²) in [4.78, 5) is 22.3. The van der Waals surface area contributed by atoms with Crippen LogP contribution < -0.4 is 5.48 Å². The van der Waals surface area contributed by atoms with E-state index in [0.29, 0.717) is 18.7 Å². The largest absolute Gasteiger partial charge is 0.478 e. The second-order valence-corrected chi connectivity index (χ2v) is 4.03. The first-order valence-corrected chi connectivity index (χ1v) is 6.10. The number of fused-ring (bicyclic) bond motifs is 1. The number of aromatic amines is 1. The number of hydrogen-bond acceptors (Lipinski definition) is 4. The van der Waals surface area contributed by atoms with E-state index < -0.39 is 11.9 Å². The fourth-order valence-corrected chi connectivity index (χ4v) is 1.67. The lowest BCUT2D eigenvalue weighted by molar-refractivity contribution is -0.134. The number of rotatable bonds is 5. The summed E-state index contributed by atoms with van der Waals surface area (Å²) in [7, 11) is 0. The Bertz CT molecular complexity index is 617. The lowest BCUT2D eigenvalue weighted by Gasteiger charge is -1.96. The van der Waals surface area contributed by atoms with E-state index in [0.717, 1.165) is 11.9 Å². The molecule has 7 nitrogen and oxygen atoms in total. The molecular formula is C14H16N2O5. The minimum atomic E-state index is -1.26. The van der Waals surface area contributed by atoms with Crippen molar-refractivity contribution in [2.75, 3.05) is 6.54 Å². The van der Waals surface area contributed by atoms with Gasteiger partial charge in [-0.2, -0.15) is 0 Å². The van der Waals surface area contributed by atoms with Gasteiger partial charge in [0.2, 0.25) is 0 Å². The zero-order valence-electron chi connectivity index (χ0n) is 11.1. The molecule has 112 valence electrons. The van der Waals surface area contributed by atoms with E-state index in [-0.39, 0.29) is 0 Å². The summed E-state index contributed by atoms with van der Waals surface area (Å²) >= 11 is 0. The number of nitrogens with one attached hydrogen (secondary N) is 2. The highest BCUT2D eigenvalue weighted by molar-refractivity contribution is 5.89. The van der Waals surface area contributed by atoms with Crippen molar-refractivity contribution in [2.24, 2.45) is 0 Å². The van der Waals surface area contributed by atoms with E-state index in [2.05, 4.69) is 16.5 Å². The topological polar surface area (TPSA) is 123 Å². The van der Waals surface area contributed by atoms with Crippen LogP contribution in [0.25, 0.3) is 10.9 Å². The van der Waals surface area contributed by atoms with Crippen LogP contribution in [0.3, 0.4) is 0 Å². The first-order chi connectivity index (χ1) is 10.0. The third kappa shape index (κ3) is 5.89. The van der Waals surface area contributed by atoms with Crippen molar-refractivity contribution in [2.45, 2.75) is 6.42 Å². The van der Waals surface area contributed by atoms with Gasteiger partial charge in [-0.15, -0.1) is 0 Å². The summed E-state index contributed by atoms with van der Waals surface area (Å²) in [6, 6.07) is 8.16. The maximum atomic E-state index is 9.55. The third-order valence-corrected chi connectivity index (χ3v) is 2.55. The maximum absolute atomic E-state index is 9.55. The standard InChI is InChI=1S/C10H12N2O.C4H4O4/c13-12-6-5-8-7-11-10-4-2-1-3-9(8)10;5-3(6)1-2-4(7)8/h1-4,7,11-13H,5-6H2;1-2H,(H,5,6)(H,7,8)/b;2-1-. The Balaban J connectivity index is 0.000000240. The molecule has 21 heavy (non-hydrogen) atoms. The molecular weight excluding hydrogens is 276 g/mol. The highest BCUT2D eigenvalue weighted by Gasteiger charge is 2.00. The smallest absolute Gasteiger partial charge is 0.328 e. The molecule has 0 aliphatic carbocycles. The van der Waals surface area contributed by atoms with Crippen LogP contribution in [-0.2, 0) is 16.0 Å². The van der Waals surface area contributed by atoms with E-state index in [1.54, 1.807) is 0 Å². The van der Waals surface area contributed by atoms with Crippen molar-refractivity contribution in [1.29, 1.82) is 0 Å². The number of aliphatic carboxylic acids is 2. The monoisotopic (exact) mass is 292 g/mol. The number of hydroxylamine groups is 1. The Morgan fingerprint density at radius 3 is 2.33 bits per heavy atom. The number of carboxylic acid groups (broad SMARTS) is 2. The van der Waals surface area contributed by atoms with Crippen molar-refractivity contribution in [3.63, 3.8) is 0 Å². The minimum absolute atomic E-state index is 0.558.